The largest absolute Gasteiger partial charge is 0.376 e. The Bertz CT molecular complexity index is 718. The van der Waals surface area contributed by atoms with Gasteiger partial charge in [0.2, 0.25) is 5.91 Å². The van der Waals surface area contributed by atoms with Crippen LogP contribution in [0.15, 0.2) is 42.5 Å². The summed E-state index contributed by atoms with van der Waals surface area (Å²) < 4.78 is 0. The molecule has 2 rings (SSSR count). The third kappa shape index (κ3) is 4.87. The predicted octanol–water partition coefficient (Wildman–Crippen LogP) is 3.40. The molecule has 2 amide bonds. The van der Waals surface area contributed by atoms with E-state index in [2.05, 4.69) is 16.0 Å². The number of rotatable bonds is 5. The van der Waals surface area contributed by atoms with Gasteiger partial charge in [-0.05, 0) is 42.5 Å². The lowest BCUT2D eigenvalue weighted by atomic mass is 10.2. The first kappa shape index (κ1) is 17.1. The summed E-state index contributed by atoms with van der Waals surface area (Å²) >= 11 is 11.7. The molecule has 7 heteroatoms. The van der Waals surface area contributed by atoms with Crippen molar-refractivity contribution in [3.63, 3.8) is 0 Å². The molecule has 0 unspecified atom stereocenters. The van der Waals surface area contributed by atoms with E-state index in [0.717, 1.165) is 5.69 Å². The summed E-state index contributed by atoms with van der Waals surface area (Å²) in [6, 6.07) is 11.7. The number of hydrogen-bond donors (Lipinski definition) is 3. The summed E-state index contributed by atoms with van der Waals surface area (Å²) in [6.07, 6.45) is 0. The molecule has 0 aromatic heterocycles. The van der Waals surface area contributed by atoms with E-state index in [1.54, 1.807) is 49.5 Å². The fraction of sp³-hybridized carbons (Fsp3) is 0.125. The van der Waals surface area contributed by atoms with Crippen molar-refractivity contribution in [3.05, 3.63) is 58.1 Å². The summed E-state index contributed by atoms with van der Waals surface area (Å²) in [5.41, 5.74) is 1.86. The van der Waals surface area contributed by atoms with E-state index in [0.29, 0.717) is 21.3 Å². The highest BCUT2D eigenvalue weighted by atomic mass is 35.5. The zero-order chi connectivity index (χ0) is 16.8. The molecule has 0 fully saturated rings. The molecule has 23 heavy (non-hydrogen) atoms. The lowest BCUT2D eigenvalue weighted by Gasteiger charge is -2.09. The highest BCUT2D eigenvalue weighted by molar-refractivity contribution is 6.42. The number of halogens is 2. The zero-order valence-electron chi connectivity index (χ0n) is 12.3. The third-order valence-corrected chi connectivity index (χ3v) is 3.77. The van der Waals surface area contributed by atoms with Gasteiger partial charge in [0, 0.05) is 24.0 Å². The second kappa shape index (κ2) is 7.85. The van der Waals surface area contributed by atoms with Gasteiger partial charge in [0.1, 0.15) is 0 Å². The zero-order valence-corrected chi connectivity index (χ0v) is 13.8. The number of amides is 2. The van der Waals surface area contributed by atoms with Crippen LogP contribution in [0.2, 0.25) is 10.0 Å². The van der Waals surface area contributed by atoms with Crippen LogP contribution >= 0.6 is 23.2 Å². The lowest BCUT2D eigenvalue weighted by Crippen LogP contribution is -2.22. The molecule has 0 radical (unpaired) electrons. The van der Waals surface area contributed by atoms with Crippen LogP contribution in [0, 0.1) is 0 Å². The predicted molar refractivity (Wildman–Crippen MR) is 93.4 cm³/mol. The number of carbonyl (C=O) groups excluding carboxylic acids is 2. The molecule has 0 atom stereocenters. The number of anilines is 2. The Balaban J connectivity index is 1.88. The monoisotopic (exact) mass is 351 g/mol. The average Bonchev–Trinajstić information content (AvgIpc) is 2.56. The molecule has 2 aromatic carbocycles. The topological polar surface area (TPSA) is 70.2 Å². The van der Waals surface area contributed by atoms with Gasteiger partial charge in [-0.25, -0.2) is 0 Å². The van der Waals surface area contributed by atoms with Gasteiger partial charge in [0.25, 0.3) is 5.91 Å². The molecule has 0 heterocycles. The molecule has 0 spiro atoms. The molecular weight excluding hydrogens is 337 g/mol. The van der Waals surface area contributed by atoms with Gasteiger partial charge in [0.15, 0.2) is 0 Å². The van der Waals surface area contributed by atoms with E-state index in [9.17, 15) is 9.59 Å². The van der Waals surface area contributed by atoms with Gasteiger partial charge in [-0.15, -0.1) is 0 Å². The molecule has 3 N–H and O–H groups in total. The Morgan fingerprint density at radius 1 is 0.957 bits per heavy atom. The summed E-state index contributed by atoms with van der Waals surface area (Å²) in [7, 11) is 1.57. The van der Waals surface area contributed by atoms with Crippen LogP contribution in [0.5, 0.6) is 0 Å². The Morgan fingerprint density at radius 3 is 2.22 bits per heavy atom. The molecule has 0 saturated heterocycles. The first-order chi connectivity index (χ1) is 11.0. The highest BCUT2D eigenvalue weighted by Gasteiger charge is 2.06. The quantitative estimate of drug-likeness (QED) is 0.772. The van der Waals surface area contributed by atoms with E-state index in [4.69, 9.17) is 23.2 Å². The maximum Gasteiger partial charge on any atom is 0.251 e. The normalized spacial score (nSPS) is 10.0. The van der Waals surface area contributed by atoms with E-state index >= 15 is 0 Å². The first-order valence-corrected chi connectivity index (χ1v) is 7.56. The Kier molecular flexibility index (Phi) is 5.84. The van der Waals surface area contributed by atoms with Gasteiger partial charge in [-0.2, -0.15) is 0 Å². The summed E-state index contributed by atoms with van der Waals surface area (Å²) in [6.45, 7) is 0.0829. The summed E-state index contributed by atoms with van der Waals surface area (Å²) in [5.74, 6) is -0.382. The first-order valence-electron chi connectivity index (χ1n) is 6.80. The molecule has 2 aromatic rings. The average molecular weight is 352 g/mol. The van der Waals surface area contributed by atoms with Gasteiger partial charge in [0.05, 0.1) is 16.6 Å². The van der Waals surface area contributed by atoms with Crippen LogP contribution in [0.1, 0.15) is 10.4 Å². The van der Waals surface area contributed by atoms with Crippen molar-refractivity contribution < 1.29 is 9.59 Å². The Labute approximate surface area is 144 Å². The van der Waals surface area contributed by atoms with E-state index in [1.807, 2.05) is 0 Å². The molecule has 120 valence electrons. The van der Waals surface area contributed by atoms with Crippen molar-refractivity contribution in [1.29, 1.82) is 0 Å². The number of nitrogens with one attached hydrogen (secondary N) is 3. The van der Waals surface area contributed by atoms with E-state index in [1.165, 1.54) is 0 Å². The van der Waals surface area contributed by atoms with Gasteiger partial charge < -0.3 is 16.0 Å². The molecular formula is C16H15Cl2N3O2. The third-order valence-electron chi connectivity index (χ3n) is 3.03. The molecule has 0 saturated carbocycles. The van der Waals surface area contributed by atoms with Crippen LogP contribution in [-0.2, 0) is 4.79 Å². The maximum absolute atomic E-state index is 11.9. The minimum atomic E-state index is -0.223. The molecule has 0 aliphatic rings. The van der Waals surface area contributed by atoms with Crippen molar-refractivity contribution in [2.75, 3.05) is 24.2 Å². The van der Waals surface area contributed by atoms with Crippen LogP contribution in [-0.4, -0.2) is 25.4 Å². The van der Waals surface area contributed by atoms with Crippen molar-refractivity contribution >= 4 is 46.4 Å². The lowest BCUT2D eigenvalue weighted by molar-refractivity contribution is -0.114. The van der Waals surface area contributed by atoms with Gasteiger partial charge in [-0.3, -0.25) is 9.59 Å². The minimum absolute atomic E-state index is 0.0829. The minimum Gasteiger partial charge on any atom is -0.376 e. The molecule has 0 aliphatic carbocycles. The smallest absolute Gasteiger partial charge is 0.251 e. The number of benzene rings is 2. The summed E-state index contributed by atoms with van der Waals surface area (Å²) in [5, 5.41) is 9.03. The summed E-state index contributed by atoms with van der Waals surface area (Å²) in [4.78, 5) is 23.3. The standard InChI is InChI=1S/C16H15Cl2N3O2/c1-19-16(23)10-2-4-11(5-3-10)20-9-15(22)21-12-6-7-13(17)14(18)8-12/h2-8,20H,9H2,1H3,(H,19,23)(H,21,22). The number of carbonyl (C=O) groups is 2. The second-order valence-electron chi connectivity index (χ2n) is 4.69. The molecule has 5 nitrogen and oxygen atoms in total. The second-order valence-corrected chi connectivity index (χ2v) is 5.50. The SMILES string of the molecule is CNC(=O)c1ccc(NCC(=O)Nc2ccc(Cl)c(Cl)c2)cc1. The van der Waals surface area contributed by atoms with Gasteiger partial charge >= 0.3 is 0 Å². The molecule has 0 aliphatic heterocycles. The van der Waals surface area contributed by atoms with Crippen molar-refractivity contribution in [2.45, 2.75) is 0 Å². The maximum atomic E-state index is 11.9. The Hall–Kier alpha value is -2.24. The van der Waals surface area contributed by atoms with Crippen LogP contribution < -0.4 is 16.0 Å². The highest BCUT2D eigenvalue weighted by Crippen LogP contribution is 2.24. The van der Waals surface area contributed by atoms with Crippen molar-refractivity contribution in [1.82, 2.24) is 5.32 Å². The molecule has 0 bridgehead atoms. The fourth-order valence-corrected chi connectivity index (χ4v) is 2.14. The van der Waals surface area contributed by atoms with Crippen LogP contribution in [0.4, 0.5) is 11.4 Å². The van der Waals surface area contributed by atoms with Crippen molar-refractivity contribution in [2.24, 2.45) is 0 Å². The van der Waals surface area contributed by atoms with E-state index < -0.39 is 0 Å². The van der Waals surface area contributed by atoms with E-state index in [-0.39, 0.29) is 18.4 Å². The Morgan fingerprint density at radius 2 is 1.61 bits per heavy atom. The van der Waals surface area contributed by atoms with Crippen LogP contribution in [0.3, 0.4) is 0 Å². The van der Waals surface area contributed by atoms with Gasteiger partial charge in [-0.1, -0.05) is 23.2 Å². The number of hydrogen-bond acceptors (Lipinski definition) is 3. The fourth-order valence-electron chi connectivity index (χ4n) is 1.85. The van der Waals surface area contributed by atoms with Crippen LogP contribution in [0.25, 0.3) is 0 Å². The van der Waals surface area contributed by atoms with Crippen molar-refractivity contribution in [3.8, 4) is 0 Å².